The van der Waals surface area contributed by atoms with Gasteiger partial charge in [-0.1, -0.05) is 22.0 Å². The van der Waals surface area contributed by atoms with E-state index in [1.165, 1.54) is 0 Å². The molecular formula is C15H17BrN2O. The highest BCUT2D eigenvalue weighted by Crippen LogP contribution is 2.25. The number of rotatable bonds is 2. The minimum Gasteiger partial charge on any atom is -0.396 e. The van der Waals surface area contributed by atoms with Crippen LogP contribution in [0.25, 0.3) is 10.9 Å². The van der Waals surface area contributed by atoms with E-state index < -0.39 is 0 Å². The van der Waals surface area contributed by atoms with Crippen LogP contribution in [0.5, 0.6) is 0 Å². The summed E-state index contributed by atoms with van der Waals surface area (Å²) in [6, 6.07) is 10.4. The molecule has 2 heterocycles. The van der Waals surface area contributed by atoms with E-state index in [0.717, 1.165) is 47.1 Å². The van der Waals surface area contributed by atoms with Gasteiger partial charge in [0.25, 0.3) is 0 Å². The van der Waals surface area contributed by atoms with Crippen LogP contribution in [0.2, 0.25) is 0 Å². The smallest absolute Gasteiger partial charge is 0.129 e. The summed E-state index contributed by atoms with van der Waals surface area (Å²) in [5.74, 6) is 1.51. The van der Waals surface area contributed by atoms with Crippen molar-refractivity contribution < 1.29 is 5.11 Å². The average Bonchev–Trinajstić information content (AvgIpc) is 2.46. The summed E-state index contributed by atoms with van der Waals surface area (Å²) < 4.78 is 1.06. The Morgan fingerprint density at radius 3 is 2.68 bits per heavy atom. The van der Waals surface area contributed by atoms with Crippen LogP contribution in [0.3, 0.4) is 0 Å². The summed E-state index contributed by atoms with van der Waals surface area (Å²) in [7, 11) is 0. The number of hydrogen-bond donors (Lipinski definition) is 1. The van der Waals surface area contributed by atoms with Gasteiger partial charge in [-0.05, 0) is 43.0 Å². The van der Waals surface area contributed by atoms with E-state index in [1.54, 1.807) is 0 Å². The SMILES string of the molecule is OCC1CCN(c2ccc3ccc(Br)cc3n2)CC1. The van der Waals surface area contributed by atoms with Crippen LogP contribution in [0.4, 0.5) is 5.82 Å². The van der Waals surface area contributed by atoms with Gasteiger partial charge in [-0.15, -0.1) is 0 Å². The molecular weight excluding hydrogens is 304 g/mol. The zero-order valence-corrected chi connectivity index (χ0v) is 12.3. The number of aliphatic hydroxyl groups excluding tert-OH is 1. The number of aliphatic hydroxyl groups is 1. The van der Waals surface area contributed by atoms with Crippen molar-refractivity contribution in [2.24, 2.45) is 5.92 Å². The van der Waals surface area contributed by atoms with Crippen LogP contribution in [0.15, 0.2) is 34.8 Å². The van der Waals surface area contributed by atoms with Gasteiger partial charge in [0.1, 0.15) is 5.82 Å². The lowest BCUT2D eigenvalue weighted by atomic mass is 9.98. The summed E-state index contributed by atoms with van der Waals surface area (Å²) in [5, 5.41) is 10.3. The molecule has 1 saturated heterocycles. The maximum atomic E-state index is 9.18. The monoisotopic (exact) mass is 320 g/mol. The fraction of sp³-hybridized carbons (Fsp3) is 0.400. The number of aromatic nitrogens is 1. The van der Waals surface area contributed by atoms with E-state index in [2.05, 4.69) is 45.1 Å². The van der Waals surface area contributed by atoms with E-state index in [1.807, 2.05) is 6.07 Å². The van der Waals surface area contributed by atoms with E-state index in [0.29, 0.717) is 12.5 Å². The fourth-order valence-corrected chi connectivity index (χ4v) is 2.95. The van der Waals surface area contributed by atoms with Gasteiger partial charge in [-0.25, -0.2) is 4.98 Å². The molecule has 0 radical (unpaired) electrons. The largest absolute Gasteiger partial charge is 0.396 e. The first-order chi connectivity index (χ1) is 9.26. The van der Waals surface area contributed by atoms with Crippen molar-refractivity contribution in [3.05, 3.63) is 34.8 Å². The standard InChI is InChI=1S/C15H17BrN2O/c16-13-3-1-12-2-4-15(17-14(12)9-13)18-7-5-11(10-19)6-8-18/h1-4,9,11,19H,5-8,10H2. The van der Waals surface area contributed by atoms with Crippen molar-refractivity contribution in [3.63, 3.8) is 0 Å². The number of piperidine rings is 1. The third-order valence-corrected chi connectivity index (χ3v) is 4.33. The number of nitrogens with zero attached hydrogens (tertiary/aromatic N) is 2. The molecule has 0 aliphatic carbocycles. The number of benzene rings is 1. The molecule has 1 fully saturated rings. The molecule has 0 spiro atoms. The van der Waals surface area contributed by atoms with Crippen LogP contribution in [0, 0.1) is 5.92 Å². The van der Waals surface area contributed by atoms with Crippen molar-refractivity contribution in [1.29, 1.82) is 0 Å². The van der Waals surface area contributed by atoms with Crippen LogP contribution in [-0.2, 0) is 0 Å². The van der Waals surface area contributed by atoms with E-state index in [4.69, 9.17) is 4.98 Å². The van der Waals surface area contributed by atoms with E-state index in [-0.39, 0.29) is 0 Å². The van der Waals surface area contributed by atoms with Crippen molar-refractivity contribution in [1.82, 2.24) is 4.98 Å². The first-order valence-corrected chi connectivity index (χ1v) is 7.47. The van der Waals surface area contributed by atoms with Gasteiger partial charge in [0.05, 0.1) is 5.52 Å². The first kappa shape index (κ1) is 12.9. The summed E-state index contributed by atoms with van der Waals surface area (Å²) in [4.78, 5) is 7.06. The molecule has 3 rings (SSSR count). The summed E-state index contributed by atoms with van der Waals surface area (Å²) in [6.07, 6.45) is 2.10. The van der Waals surface area contributed by atoms with Gasteiger partial charge < -0.3 is 10.0 Å². The quantitative estimate of drug-likeness (QED) is 0.923. The second kappa shape index (κ2) is 5.47. The number of fused-ring (bicyclic) bond motifs is 1. The third kappa shape index (κ3) is 2.74. The van der Waals surface area contributed by atoms with Crippen LogP contribution in [-0.4, -0.2) is 29.8 Å². The summed E-state index contributed by atoms with van der Waals surface area (Å²) in [5.41, 5.74) is 1.02. The lowest BCUT2D eigenvalue weighted by Gasteiger charge is -2.32. The maximum Gasteiger partial charge on any atom is 0.129 e. The molecule has 1 aliphatic rings. The Morgan fingerprint density at radius 1 is 1.21 bits per heavy atom. The number of anilines is 1. The highest BCUT2D eigenvalue weighted by Gasteiger charge is 2.19. The van der Waals surface area contributed by atoms with Gasteiger partial charge in [0, 0.05) is 29.6 Å². The Hall–Kier alpha value is -1.13. The van der Waals surface area contributed by atoms with Crippen molar-refractivity contribution >= 4 is 32.7 Å². The fourth-order valence-electron chi connectivity index (χ4n) is 2.60. The minimum atomic E-state index is 0.311. The van der Waals surface area contributed by atoms with E-state index >= 15 is 0 Å². The predicted octanol–water partition coefficient (Wildman–Crippen LogP) is 3.21. The zero-order chi connectivity index (χ0) is 13.2. The van der Waals surface area contributed by atoms with Crippen LogP contribution >= 0.6 is 15.9 Å². The second-order valence-electron chi connectivity index (χ2n) is 5.12. The molecule has 0 atom stereocenters. The topological polar surface area (TPSA) is 36.4 Å². The lowest BCUT2D eigenvalue weighted by molar-refractivity contribution is 0.203. The molecule has 3 nitrogen and oxygen atoms in total. The van der Waals surface area contributed by atoms with Gasteiger partial charge in [0.15, 0.2) is 0 Å². The molecule has 1 aliphatic heterocycles. The molecule has 0 bridgehead atoms. The Labute approximate surface area is 121 Å². The average molecular weight is 321 g/mol. The molecule has 1 aromatic heterocycles. The summed E-state index contributed by atoms with van der Waals surface area (Å²) in [6.45, 7) is 2.28. The number of halogens is 1. The predicted molar refractivity (Wildman–Crippen MR) is 81.5 cm³/mol. The number of hydrogen-bond acceptors (Lipinski definition) is 3. The molecule has 1 aromatic carbocycles. The van der Waals surface area contributed by atoms with Crippen molar-refractivity contribution in [2.75, 3.05) is 24.6 Å². The highest BCUT2D eigenvalue weighted by atomic mass is 79.9. The number of pyridine rings is 1. The van der Waals surface area contributed by atoms with Crippen LogP contribution in [0.1, 0.15) is 12.8 Å². The molecule has 0 unspecified atom stereocenters. The normalized spacial score (nSPS) is 17.1. The first-order valence-electron chi connectivity index (χ1n) is 6.68. The molecule has 0 amide bonds. The third-order valence-electron chi connectivity index (χ3n) is 3.84. The molecule has 2 aromatic rings. The Bertz CT molecular complexity index is 579. The Balaban J connectivity index is 1.85. The van der Waals surface area contributed by atoms with Gasteiger partial charge in [-0.3, -0.25) is 0 Å². The van der Waals surface area contributed by atoms with Crippen LogP contribution < -0.4 is 4.90 Å². The van der Waals surface area contributed by atoms with E-state index in [9.17, 15) is 5.11 Å². The zero-order valence-electron chi connectivity index (χ0n) is 10.7. The molecule has 0 saturated carbocycles. The second-order valence-corrected chi connectivity index (χ2v) is 6.04. The maximum absolute atomic E-state index is 9.18. The molecule has 4 heteroatoms. The van der Waals surface area contributed by atoms with Gasteiger partial charge >= 0.3 is 0 Å². The Morgan fingerprint density at radius 2 is 1.95 bits per heavy atom. The van der Waals surface area contributed by atoms with Gasteiger partial charge in [-0.2, -0.15) is 0 Å². The van der Waals surface area contributed by atoms with Gasteiger partial charge in [0.2, 0.25) is 0 Å². The molecule has 100 valence electrons. The summed E-state index contributed by atoms with van der Waals surface area (Å²) >= 11 is 3.49. The highest BCUT2D eigenvalue weighted by molar-refractivity contribution is 9.10. The molecule has 19 heavy (non-hydrogen) atoms. The minimum absolute atomic E-state index is 0.311. The van der Waals surface area contributed by atoms with Crippen molar-refractivity contribution in [3.8, 4) is 0 Å². The van der Waals surface area contributed by atoms with Crippen molar-refractivity contribution in [2.45, 2.75) is 12.8 Å². The lowest BCUT2D eigenvalue weighted by Crippen LogP contribution is -2.35. The molecule has 1 N–H and O–H groups in total. The Kier molecular flexibility index (Phi) is 3.71.